The summed E-state index contributed by atoms with van der Waals surface area (Å²) in [6.07, 6.45) is 6.13. The molecule has 0 unspecified atom stereocenters. The largest absolute Gasteiger partial charge is 0.350 e. The average Bonchev–Trinajstić information content (AvgIpc) is 3.31. The Morgan fingerprint density at radius 3 is 2.31 bits per heavy atom. The van der Waals surface area contributed by atoms with Gasteiger partial charge in [0.2, 0.25) is 12.4 Å². The van der Waals surface area contributed by atoms with E-state index in [0.29, 0.717) is 17.6 Å². The van der Waals surface area contributed by atoms with Crippen LogP contribution in [0.2, 0.25) is 0 Å². The van der Waals surface area contributed by atoms with E-state index in [9.17, 15) is 8.78 Å². The molecule has 3 aromatic heterocycles. The van der Waals surface area contributed by atoms with Gasteiger partial charge >= 0.3 is 0 Å². The number of rotatable bonds is 6. The van der Waals surface area contributed by atoms with Crippen LogP contribution in [0.1, 0.15) is 78.8 Å². The topological polar surface area (TPSA) is 70.7 Å². The number of hydrogen-bond acceptors (Lipinski definition) is 6. The molecule has 0 aromatic carbocycles. The molecule has 2 aliphatic rings. The Bertz CT molecular complexity index is 1230. The average molecular weight is 538 g/mol. The molecule has 1 N–H and O–H groups in total. The standard InChI is InChI=1S/C24H30BN7.C3H6F2.C2H6/c1-15(2)26-20-7-8-21(27-16(20)3)19-11-14-32-22(19)23(25)29-24(30-32)28-17-9-12-31(13-10-17)18-5-4-6-18;1-2-3(4)5;1-2/h7-8,11,14,17-18H,4-6,9-10,12-13H2,1-3H3,(H,28,30);3H,2H2,1H3;1-2H3. The van der Waals surface area contributed by atoms with Gasteiger partial charge in [-0.3, -0.25) is 9.98 Å². The van der Waals surface area contributed by atoms with Gasteiger partial charge in [-0.1, -0.05) is 27.2 Å². The van der Waals surface area contributed by atoms with Gasteiger partial charge in [0.15, 0.2) is 0 Å². The number of pyridine rings is 1. The van der Waals surface area contributed by atoms with E-state index in [0.717, 1.165) is 65.8 Å². The molecule has 0 atom stereocenters. The maximum Gasteiger partial charge on any atom is 0.240 e. The minimum Gasteiger partial charge on any atom is -0.350 e. The van der Waals surface area contributed by atoms with Gasteiger partial charge < -0.3 is 10.2 Å². The van der Waals surface area contributed by atoms with E-state index in [2.05, 4.69) is 25.3 Å². The molecule has 210 valence electrons. The minimum atomic E-state index is -2.12. The lowest BCUT2D eigenvalue weighted by atomic mass is 9.89. The van der Waals surface area contributed by atoms with Crippen molar-refractivity contribution in [2.75, 3.05) is 18.4 Å². The first-order valence-corrected chi connectivity index (χ1v) is 14.2. The number of fused-ring (bicyclic) bond motifs is 1. The van der Waals surface area contributed by atoms with Crippen LogP contribution in [0.4, 0.5) is 20.4 Å². The van der Waals surface area contributed by atoms with Gasteiger partial charge in [0.1, 0.15) is 7.85 Å². The zero-order chi connectivity index (χ0) is 28.5. The number of piperidine rings is 1. The van der Waals surface area contributed by atoms with Crippen LogP contribution in [0.15, 0.2) is 29.4 Å². The van der Waals surface area contributed by atoms with Crippen LogP contribution in [-0.2, 0) is 0 Å². The van der Waals surface area contributed by atoms with Crippen molar-refractivity contribution in [1.29, 1.82) is 0 Å². The second kappa shape index (κ2) is 14.5. The Morgan fingerprint density at radius 2 is 1.77 bits per heavy atom. The second-order valence-corrected chi connectivity index (χ2v) is 10.0. The van der Waals surface area contributed by atoms with Gasteiger partial charge in [-0.15, -0.1) is 5.10 Å². The molecule has 0 spiro atoms. The van der Waals surface area contributed by atoms with Gasteiger partial charge in [0, 0.05) is 54.7 Å². The summed E-state index contributed by atoms with van der Waals surface area (Å²) in [6, 6.07) is 7.18. The van der Waals surface area contributed by atoms with Crippen molar-refractivity contribution in [1.82, 2.24) is 24.5 Å². The van der Waals surface area contributed by atoms with Crippen LogP contribution in [0.25, 0.3) is 16.8 Å². The molecule has 1 saturated carbocycles. The zero-order valence-electron chi connectivity index (χ0n) is 24.2. The summed E-state index contributed by atoms with van der Waals surface area (Å²) in [6.45, 7) is 13.7. The van der Waals surface area contributed by atoms with Gasteiger partial charge in [0.05, 0.1) is 22.6 Å². The molecule has 10 heteroatoms. The van der Waals surface area contributed by atoms with Crippen molar-refractivity contribution in [3.8, 4) is 11.3 Å². The summed E-state index contributed by atoms with van der Waals surface area (Å²) in [5.41, 5.74) is 5.78. The smallest absolute Gasteiger partial charge is 0.240 e. The molecule has 1 saturated heterocycles. The molecule has 5 rings (SSSR count). The van der Waals surface area contributed by atoms with E-state index in [1.165, 1.54) is 26.2 Å². The number of hydrogen-bond donors (Lipinski definition) is 1. The predicted octanol–water partition coefficient (Wildman–Crippen LogP) is 6.12. The van der Waals surface area contributed by atoms with E-state index in [-0.39, 0.29) is 6.42 Å². The quantitative estimate of drug-likeness (QED) is 0.303. The summed E-state index contributed by atoms with van der Waals surface area (Å²) >= 11 is 0. The Hall–Kier alpha value is -2.88. The van der Waals surface area contributed by atoms with Crippen LogP contribution in [-0.4, -0.2) is 69.6 Å². The first kappa shape index (κ1) is 30.7. The fourth-order valence-corrected chi connectivity index (χ4v) is 4.73. The van der Waals surface area contributed by atoms with Crippen LogP contribution < -0.4 is 10.9 Å². The highest BCUT2D eigenvalue weighted by molar-refractivity contribution is 6.36. The first-order chi connectivity index (χ1) is 18.7. The SMILES string of the molecule is CC.CCC(F)F.[B]c1nc(NC2CCN(C3CCC3)CC2)nn2ccc(-c3ccc(N=C(C)C)c(C)n3)c12. The highest BCUT2D eigenvalue weighted by Gasteiger charge is 2.29. The zero-order valence-corrected chi connectivity index (χ0v) is 24.2. The Kier molecular flexibility index (Phi) is 11.4. The highest BCUT2D eigenvalue weighted by Crippen LogP contribution is 2.29. The number of nitrogens with zero attached hydrogens (tertiary/aromatic N) is 6. The molecule has 0 bridgehead atoms. The molecule has 1 aliphatic heterocycles. The second-order valence-electron chi connectivity index (χ2n) is 10.0. The number of alkyl halides is 2. The highest BCUT2D eigenvalue weighted by atomic mass is 19.3. The van der Waals surface area contributed by atoms with Crippen molar-refractivity contribution in [3.63, 3.8) is 0 Å². The molecule has 0 amide bonds. The predicted molar refractivity (Wildman–Crippen MR) is 158 cm³/mol. The molecule has 1 aliphatic carbocycles. The third kappa shape index (κ3) is 8.07. The van der Waals surface area contributed by atoms with E-state index < -0.39 is 6.43 Å². The number of aryl methyl sites for hydroxylation is 1. The lowest BCUT2D eigenvalue weighted by Crippen LogP contribution is -2.47. The monoisotopic (exact) mass is 537 g/mol. The van der Waals surface area contributed by atoms with E-state index in [1.807, 2.05) is 63.5 Å². The Labute approximate surface area is 232 Å². The molecule has 3 aromatic rings. The van der Waals surface area contributed by atoms with Crippen molar-refractivity contribution in [2.45, 2.75) is 98.6 Å². The maximum absolute atomic E-state index is 10.8. The van der Waals surface area contributed by atoms with Crippen molar-refractivity contribution in [3.05, 3.63) is 30.1 Å². The lowest BCUT2D eigenvalue weighted by Gasteiger charge is -2.41. The number of anilines is 1. The lowest BCUT2D eigenvalue weighted by molar-refractivity contribution is 0.101. The van der Waals surface area contributed by atoms with Crippen LogP contribution in [0.3, 0.4) is 0 Å². The van der Waals surface area contributed by atoms with Crippen LogP contribution in [0, 0.1) is 6.92 Å². The normalized spacial score (nSPS) is 16.1. The number of nitrogens with one attached hydrogen (secondary N) is 1. The number of likely N-dealkylation sites (tertiary alicyclic amines) is 1. The number of aromatic nitrogens is 4. The Morgan fingerprint density at radius 1 is 1.10 bits per heavy atom. The maximum atomic E-state index is 10.8. The third-order valence-corrected chi connectivity index (χ3v) is 6.98. The first-order valence-electron chi connectivity index (χ1n) is 14.2. The summed E-state index contributed by atoms with van der Waals surface area (Å²) in [4.78, 5) is 16.5. The molecule has 2 fully saturated rings. The van der Waals surface area contributed by atoms with Crippen molar-refractivity contribution in [2.24, 2.45) is 4.99 Å². The van der Waals surface area contributed by atoms with Crippen molar-refractivity contribution < 1.29 is 8.78 Å². The number of halogens is 2. The van der Waals surface area contributed by atoms with E-state index in [4.69, 9.17) is 12.8 Å². The van der Waals surface area contributed by atoms with Crippen LogP contribution in [0.5, 0.6) is 0 Å². The summed E-state index contributed by atoms with van der Waals surface area (Å²) < 4.78 is 23.3. The number of aliphatic imine (C=N–C) groups is 1. The molecule has 4 heterocycles. The summed E-state index contributed by atoms with van der Waals surface area (Å²) in [7, 11) is 6.40. The molecule has 39 heavy (non-hydrogen) atoms. The molecule has 2 radical (unpaired) electrons. The fraction of sp³-hybridized carbons (Fsp3) is 0.586. The van der Waals surface area contributed by atoms with Crippen molar-refractivity contribution >= 4 is 36.3 Å². The molecule has 7 nitrogen and oxygen atoms in total. The van der Waals surface area contributed by atoms with Gasteiger partial charge in [-0.2, -0.15) is 0 Å². The van der Waals surface area contributed by atoms with E-state index in [1.54, 1.807) is 0 Å². The Balaban J connectivity index is 0.000000542. The minimum absolute atomic E-state index is 0.0278. The van der Waals surface area contributed by atoms with Crippen LogP contribution >= 0.6 is 0 Å². The molecular weight excluding hydrogens is 495 g/mol. The molecular formula is C29H42BF2N7. The van der Waals surface area contributed by atoms with Gasteiger partial charge in [-0.05, 0) is 64.7 Å². The summed E-state index contributed by atoms with van der Waals surface area (Å²) in [5.74, 6) is 0.589. The van der Waals surface area contributed by atoms with E-state index >= 15 is 0 Å². The van der Waals surface area contributed by atoms with Gasteiger partial charge in [0.25, 0.3) is 0 Å². The summed E-state index contributed by atoms with van der Waals surface area (Å²) in [5, 5.41) is 8.20. The fourth-order valence-electron chi connectivity index (χ4n) is 4.73. The van der Waals surface area contributed by atoms with Gasteiger partial charge in [-0.25, -0.2) is 18.3 Å². The third-order valence-electron chi connectivity index (χ3n) is 6.98.